The second-order valence-electron chi connectivity index (χ2n) is 4.68. The van der Waals surface area contributed by atoms with Gasteiger partial charge in [-0.05, 0) is 24.3 Å². The third-order valence-corrected chi connectivity index (χ3v) is 4.17. The Labute approximate surface area is 135 Å². The standard InChI is InChI=1S/C16H14N2O4S/c1-21-12-6-4-5-11(9-12)17-15(19)22-10-18-13-7-2-3-8-14(13)23-16(18)20/h2-9H,10H2,1H3,(H,17,19). The van der Waals surface area contributed by atoms with Crippen molar-refractivity contribution in [1.82, 2.24) is 4.57 Å². The number of nitrogens with one attached hydrogen (secondary N) is 1. The predicted molar refractivity (Wildman–Crippen MR) is 89.2 cm³/mol. The molecule has 118 valence electrons. The van der Waals surface area contributed by atoms with Gasteiger partial charge in [-0.25, -0.2) is 4.79 Å². The molecule has 1 N–H and O–H groups in total. The van der Waals surface area contributed by atoms with Crippen molar-refractivity contribution in [3.63, 3.8) is 0 Å². The maximum absolute atomic E-state index is 11.9. The molecular formula is C16H14N2O4S. The maximum atomic E-state index is 11.9. The predicted octanol–water partition coefficient (Wildman–Crippen LogP) is 3.28. The molecule has 1 aromatic heterocycles. The van der Waals surface area contributed by atoms with Crippen LogP contribution in [0.1, 0.15) is 0 Å². The fourth-order valence-electron chi connectivity index (χ4n) is 2.11. The number of carbonyl (C=O) groups is 1. The molecule has 1 heterocycles. The van der Waals surface area contributed by atoms with Crippen LogP contribution in [0.2, 0.25) is 0 Å². The number of ether oxygens (including phenoxy) is 2. The Morgan fingerprint density at radius 2 is 2.04 bits per heavy atom. The highest BCUT2D eigenvalue weighted by molar-refractivity contribution is 7.16. The zero-order valence-electron chi connectivity index (χ0n) is 12.3. The van der Waals surface area contributed by atoms with Gasteiger partial charge in [0.05, 0.1) is 17.3 Å². The Morgan fingerprint density at radius 1 is 1.22 bits per heavy atom. The van der Waals surface area contributed by atoms with E-state index in [1.54, 1.807) is 31.4 Å². The van der Waals surface area contributed by atoms with E-state index in [1.165, 1.54) is 4.57 Å². The zero-order valence-corrected chi connectivity index (χ0v) is 13.1. The van der Waals surface area contributed by atoms with Gasteiger partial charge in [0, 0.05) is 11.8 Å². The molecule has 3 aromatic rings. The summed E-state index contributed by atoms with van der Waals surface area (Å²) in [5.41, 5.74) is 1.30. The number of anilines is 1. The Balaban J connectivity index is 1.68. The van der Waals surface area contributed by atoms with Crippen molar-refractivity contribution < 1.29 is 14.3 Å². The van der Waals surface area contributed by atoms with Crippen molar-refractivity contribution >= 4 is 33.3 Å². The van der Waals surface area contributed by atoms with E-state index in [0.29, 0.717) is 11.4 Å². The van der Waals surface area contributed by atoms with Gasteiger partial charge in [0.2, 0.25) is 0 Å². The molecule has 0 aliphatic carbocycles. The normalized spacial score (nSPS) is 10.5. The number of hydrogen-bond acceptors (Lipinski definition) is 5. The van der Waals surface area contributed by atoms with Crippen LogP contribution >= 0.6 is 11.3 Å². The number of rotatable bonds is 4. The van der Waals surface area contributed by atoms with E-state index in [2.05, 4.69) is 5.32 Å². The number of thiazole rings is 1. The third kappa shape index (κ3) is 3.35. The molecule has 0 aliphatic heterocycles. The Kier molecular flexibility index (Phi) is 4.29. The largest absolute Gasteiger partial charge is 0.497 e. The fourth-order valence-corrected chi connectivity index (χ4v) is 2.99. The summed E-state index contributed by atoms with van der Waals surface area (Å²) in [7, 11) is 1.55. The first kappa shape index (κ1) is 15.1. The van der Waals surface area contributed by atoms with Crippen LogP contribution in [-0.2, 0) is 11.5 Å². The molecule has 2 aromatic carbocycles. The number of methoxy groups -OCH3 is 1. The Morgan fingerprint density at radius 3 is 2.87 bits per heavy atom. The lowest BCUT2D eigenvalue weighted by atomic mass is 10.3. The van der Waals surface area contributed by atoms with Crippen LogP contribution < -0.4 is 14.9 Å². The maximum Gasteiger partial charge on any atom is 0.413 e. The molecule has 0 saturated heterocycles. The highest BCUT2D eigenvalue weighted by Gasteiger charge is 2.09. The minimum absolute atomic E-state index is 0.140. The van der Waals surface area contributed by atoms with Crippen molar-refractivity contribution in [2.24, 2.45) is 0 Å². The van der Waals surface area contributed by atoms with Gasteiger partial charge in [-0.1, -0.05) is 29.5 Å². The number of benzene rings is 2. The lowest BCUT2D eigenvalue weighted by Gasteiger charge is -2.09. The summed E-state index contributed by atoms with van der Waals surface area (Å²) in [5.74, 6) is 0.628. The van der Waals surface area contributed by atoms with E-state index in [0.717, 1.165) is 21.6 Å². The summed E-state index contributed by atoms with van der Waals surface area (Å²) in [6, 6.07) is 14.3. The van der Waals surface area contributed by atoms with Crippen LogP contribution in [0.3, 0.4) is 0 Å². The van der Waals surface area contributed by atoms with E-state index >= 15 is 0 Å². The molecule has 1 amide bonds. The summed E-state index contributed by atoms with van der Waals surface area (Å²) in [6.45, 7) is -0.140. The smallest absolute Gasteiger partial charge is 0.413 e. The second kappa shape index (κ2) is 6.53. The monoisotopic (exact) mass is 330 g/mol. The molecule has 0 atom stereocenters. The number of fused-ring (bicyclic) bond motifs is 1. The Hall–Kier alpha value is -2.80. The Bertz CT molecular complexity index is 900. The van der Waals surface area contributed by atoms with Gasteiger partial charge < -0.3 is 9.47 Å². The number of amides is 1. The molecule has 0 bridgehead atoms. The van der Waals surface area contributed by atoms with Gasteiger partial charge in [0.25, 0.3) is 0 Å². The van der Waals surface area contributed by atoms with Crippen molar-refractivity contribution in [3.05, 3.63) is 58.2 Å². The first-order chi connectivity index (χ1) is 11.2. The van der Waals surface area contributed by atoms with Gasteiger partial charge >= 0.3 is 11.0 Å². The highest BCUT2D eigenvalue weighted by atomic mass is 32.1. The minimum Gasteiger partial charge on any atom is -0.497 e. The minimum atomic E-state index is -0.638. The molecule has 0 unspecified atom stereocenters. The molecule has 0 spiro atoms. The number of carbonyl (C=O) groups excluding carboxylic acids is 1. The van der Waals surface area contributed by atoms with Crippen molar-refractivity contribution in [3.8, 4) is 5.75 Å². The number of para-hydroxylation sites is 1. The summed E-state index contributed by atoms with van der Waals surface area (Å²) in [4.78, 5) is 23.6. The highest BCUT2D eigenvalue weighted by Crippen LogP contribution is 2.18. The molecule has 0 fully saturated rings. The van der Waals surface area contributed by atoms with Gasteiger partial charge in [-0.2, -0.15) is 0 Å². The average molecular weight is 330 g/mol. The second-order valence-corrected chi connectivity index (χ2v) is 5.67. The van der Waals surface area contributed by atoms with Gasteiger partial charge in [0.1, 0.15) is 5.75 Å². The van der Waals surface area contributed by atoms with Gasteiger partial charge in [-0.3, -0.25) is 14.7 Å². The molecule has 3 rings (SSSR count). The average Bonchev–Trinajstić information content (AvgIpc) is 2.88. The zero-order chi connectivity index (χ0) is 16.2. The molecule has 0 saturated carbocycles. The third-order valence-electron chi connectivity index (χ3n) is 3.21. The van der Waals surface area contributed by atoms with Crippen molar-refractivity contribution in [1.29, 1.82) is 0 Å². The van der Waals surface area contributed by atoms with Crippen LogP contribution in [0.5, 0.6) is 5.75 Å². The van der Waals surface area contributed by atoms with E-state index in [9.17, 15) is 9.59 Å². The van der Waals surface area contributed by atoms with E-state index < -0.39 is 6.09 Å². The number of nitrogens with zero attached hydrogens (tertiary/aromatic N) is 1. The van der Waals surface area contributed by atoms with Crippen LogP contribution in [-0.4, -0.2) is 17.8 Å². The molecule has 7 heteroatoms. The van der Waals surface area contributed by atoms with Crippen LogP contribution in [0, 0.1) is 0 Å². The summed E-state index contributed by atoms with van der Waals surface area (Å²) < 4.78 is 12.5. The van der Waals surface area contributed by atoms with Crippen molar-refractivity contribution in [2.45, 2.75) is 6.73 Å². The van der Waals surface area contributed by atoms with Crippen LogP contribution in [0.25, 0.3) is 10.2 Å². The lowest BCUT2D eigenvalue weighted by molar-refractivity contribution is 0.129. The van der Waals surface area contributed by atoms with E-state index in [-0.39, 0.29) is 11.6 Å². The lowest BCUT2D eigenvalue weighted by Crippen LogP contribution is -2.20. The molecule has 6 nitrogen and oxygen atoms in total. The molecular weight excluding hydrogens is 316 g/mol. The number of hydrogen-bond donors (Lipinski definition) is 1. The molecule has 23 heavy (non-hydrogen) atoms. The molecule has 0 radical (unpaired) electrons. The van der Waals surface area contributed by atoms with Gasteiger partial charge in [0.15, 0.2) is 6.73 Å². The van der Waals surface area contributed by atoms with Gasteiger partial charge in [-0.15, -0.1) is 0 Å². The fraction of sp³-hybridized carbons (Fsp3) is 0.125. The number of aromatic nitrogens is 1. The first-order valence-corrected chi connectivity index (χ1v) is 7.65. The van der Waals surface area contributed by atoms with E-state index in [1.807, 2.05) is 24.3 Å². The summed E-state index contributed by atoms with van der Waals surface area (Å²) in [5, 5.41) is 2.59. The SMILES string of the molecule is COc1cccc(NC(=O)OCn2c(=O)sc3ccccc32)c1. The summed E-state index contributed by atoms with van der Waals surface area (Å²) in [6.07, 6.45) is -0.638. The van der Waals surface area contributed by atoms with Crippen LogP contribution in [0.15, 0.2) is 53.3 Å². The van der Waals surface area contributed by atoms with Crippen molar-refractivity contribution in [2.75, 3.05) is 12.4 Å². The van der Waals surface area contributed by atoms with Crippen LogP contribution in [0.4, 0.5) is 10.5 Å². The topological polar surface area (TPSA) is 69.6 Å². The summed E-state index contributed by atoms with van der Waals surface area (Å²) >= 11 is 1.12. The quantitative estimate of drug-likeness (QED) is 0.797. The first-order valence-electron chi connectivity index (χ1n) is 6.83. The van der Waals surface area contributed by atoms with E-state index in [4.69, 9.17) is 9.47 Å². The molecule has 0 aliphatic rings.